The van der Waals surface area contributed by atoms with E-state index in [1.807, 2.05) is 0 Å². The normalized spacial score (nSPS) is 40.1. The molecular formula is C10H15F3O3S. The molecule has 3 atom stereocenters. The Morgan fingerprint density at radius 1 is 1.24 bits per heavy atom. The van der Waals surface area contributed by atoms with Crippen molar-refractivity contribution >= 4 is 9.84 Å². The van der Waals surface area contributed by atoms with Crippen LogP contribution < -0.4 is 0 Å². The molecule has 3 nitrogen and oxygen atoms in total. The highest BCUT2D eigenvalue weighted by atomic mass is 32.2. The summed E-state index contributed by atoms with van der Waals surface area (Å²) in [6.45, 7) is 5.06. The van der Waals surface area contributed by atoms with Gasteiger partial charge in [-0.15, -0.1) is 0 Å². The van der Waals surface area contributed by atoms with Gasteiger partial charge in [0.25, 0.3) is 9.84 Å². The summed E-state index contributed by atoms with van der Waals surface area (Å²) >= 11 is 0. The van der Waals surface area contributed by atoms with Crippen LogP contribution in [0.25, 0.3) is 0 Å². The minimum absolute atomic E-state index is 0.0744. The van der Waals surface area contributed by atoms with Gasteiger partial charge in [-0.1, -0.05) is 0 Å². The highest BCUT2D eigenvalue weighted by Gasteiger charge is 2.67. The van der Waals surface area contributed by atoms with Gasteiger partial charge >= 0.3 is 5.51 Å². The van der Waals surface area contributed by atoms with Gasteiger partial charge in [0.15, 0.2) is 0 Å². The van der Waals surface area contributed by atoms with Gasteiger partial charge in [0.2, 0.25) is 0 Å². The Hall–Kier alpha value is -0.300. The second kappa shape index (κ2) is 3.17. The highest BCUT2D eigenvalue weighted by Crippen LogP contribution is 2.62. The summed E-state index contributed by atoms with van der Waals surface area (Å²) in [6, 6.07) is 0. The molecule has 2 aliphatic rings. The minimum atomic E-state index is -5.20. The Balaban J connectivity index is 2.22. The highest BCUT2D eigenvalue weighted by molar-refractivity contribution is 7.92. The van der Waals surface area contributed by atoms with Crippen molar-refractivity contribution in [1.82, 2.24) is 0 Å². The summed E-state index contributed by atoms with van der Waals surface area (Å²) in [5.74, 6) is -0.876. The van der Waals surface area contributed by atoms with Crippen molar-refractivity contribution in [3.63, 3.8) is 0 Å². The topological polar surface area (TPSA) is 43.4 Å². The van der Waals surface area contributed by atoms with Gasteiger partial charge in [0, 0.05) is 0 Å². The van der Waals surface area contributed by atoms with E-state index < -0.39 is 32.3 Å². The lowest BCUT2D eigenvalue weighted by molar-refractivity contribution is -0.0955. The summed E-state index contributed by atoms with van der Waals surface area (Å²) in [4.78, 5) is 0. The molecule has 0 unspecified atom stereocenters. The SMILES string of the molecule is CC1(C)O[C@](C)(CS(=O)(=O)C(F)(F)F)[C@H]2C[C@H]21. The molecule has 0 aromatic rings. The third kappa shape index (κ3) is 1.97. The average molecular weight is 272 g/mol. The van der Waals surface area contributed by atoms with Crippen molar-refractivity contribution in [2.75, 3.05) is 5.75 Å². The first kappa shape index (κ1) is 13.1. The van der Waals surface area contributed by atoms with Crippen LogP contribution in [0.3, 0.4) is 0 Å². The Kier molecular flexibility index (Phi) is 2.45. The van der Waals surface area contributed by atoms with E-state index in [1.54, 1.807) is 13.8 Å². The molecule has 0 radical (unpaired) electrons. The lowest BCUT2D eigenvalue weighted by Crippen LogP contribution is -2.44. The van der Waals surface area contributed by atoms with Gasteiger partial charge in [0.05, 0.1) is 17.0 Å². The van der Waals surface area contributed by atoms with Crippen molar-refractivity contribution in [2.45, 2.75) is 43.9 Å². The van der Waals surface area contributed by atoms with Crippen molar-refractivity contribution in [3.05, 3.63) is 0 Å². The zero-order valence-electron chi connectivity index (χ0n) is 9.84. The summed E-state index contributed by atoms with van der Waals surface area (Å²) < 4.78 is 65.0. The van der Waals surface area contributed by atoms with Crippen LogP contribution in [0.5, 0.6) is 0 Å². The average Bonchev–Trinajstić information content (AvgIpc) is 2.72. The van der Waals surface area contributed by atoms with Gasteiger partial charge in [-0.2, -0.15) is 13.2 Å². The van der Waals surface area contributed by atoms with E-state index in [0.717, 1.165) is 6.42 Å². The fourth-order valence-electron chi connectivity index (χ4n) is 2.99. The molecule has 1 heterocycles. The van der Waals surface area contributed by atoms with Crippen LogP contribution in [-0.2, 0) is 14.6 Å². The largest absolute Gasteiger partial charge is 0.497 e. The van der Waals surface area contributed by atoms with Crippen LogP contribution in [0.15, 0.2) is 0 Å². The summed E-state index contributed by atoms with van der Waals surface area (Å²) in [6.07, 6.45) is 0.747. The van der Waals surface area contributed by atoms with E-state index in [4.69, 9.17) is 4.74 Å². The van der Waals surface area contributed by atoms with Gasteiger partial charge < -0.3 is 4.74 Å². The first-order valence-electron chi connectivity index (χ1n) is 5.38. The number of fused-ring (bicyclic) bond motifs is 1. The summed E-state index contributed by atoms with van der Waals surface area (Å²) in [5, 5.41) is 0. The van der Waals surface area contributed by atoms with Crippen LogP contribution in [-0.4, -0.2) is 30.9 Å². The molecule has 1 aliphatic heterocycles. The quantitative estimate of drug-likeness (QED) is 0.773. The molecule has 0 aromatic carbocycles. The summed E-state index contributed by atoms with van der Waals surface area (Å²) in [5.41, 5.74) is -6.93. The molecule has 0 spiro atoms. The molecular weight excluding hydrogens is 257 g/mol. The molecule has 2 fully saturated rings. The molecule has 0 N–H and O–H groups in total. The smallest absolute Gasteiger partial charge is 0.368 e. The molecule has 100 valence electrons. The van der Waals surface area contributed by atoms with Gasteiger partial charge in [-0.3, -0.25) is 0 Å². The molecule has 17 heavy (non-hydrogen) atoms. The number of alkyl halides is 3. The fraction of sp³-hybridized carbons (Fsp3) is 1.00. The molecule has 7 heteroatoms. The number of hydrogen-bond acceptors (Lipinski definition) is 3. The van der Waals surface area contributed by atoms with Crippen LogP contribution in [0.2, 0.25) is 0 Å². The molecule has 1 aliphatic carbocycles. The van der Waals surface area contributed by atoms with E-state index in [-0.39, 0.29) is 11.8 Å². The maximum atomic E-state index is 12.3. The Bertz CT molecular complexity index is 440. The minimum Gasteiger partial charge on any atom is -0.368 e. The number of sulfone groups is 1. The maximum Gasteiger partial charge on any atom is 0.497 e. The third-order valence-electron chi connectivity index (χ3n) is 3.79. The first-order valence-corrected chi connectivity index (χ1v) is 7.03. The Labute approximate surface area is 98.2 Å². The predicted molar refractivity (Wildman–Crippen MR) is 55.0 cm³/mol. The summed E-state index contributed by atoms with van der Waals surface area (Å²) in [7, 11) is -5.12. The number of rotatable bonds is 2. The van der Waals surface area contributed by atoms with Crippen LogP contribution in [0, 0.1) is 11.8 Å². The zero-order valence-corrected chi connectivity index (χ0v) is 10.7. The molecule has 0 amide bonds. The second-order valence-electron chi connectivity index (χ2n) is 5.67. The van der Waals surface area contributed by atoms with Crippen molar-refractivity contribution < 1.29 is 26.3 Å². The van der Waals surface area contributed by atoms with Crippen molar-refractivity contribution in [1.29, 1.82) is 0 Å². The van der Waals surface area contributed by atoms with Gasteiger partial charge in [0.1, 0.15) is 0 Å². The molecule has 0 aromatic heterocycles. The predicted octanol–water partition coefficient (Wildman–Crippen LogP) is 2.12. The molecule has 0 bridgehead atoms. The van der Waals surface area contributed by atoms with E-state index in [9.17, 15) is 21.6 Å². The number of ether oxygens (including phenoxy) is 1. The van der Waals surface area contributed by atoms with Gasteiger partial charge in [-0.05, 0) is 39.0 Å². The Morgan fingerprint density at radius 3 is 2.06 bits per heavy atom. The van der Waals surface area contributed by atoms with E-state index in [2.05, 4.69) is 0 Å². The van der Waals surface area contributed by atoms with Crippen LogP contribution >= 0.6 is 0 Å². The fourth-order valence-corrected chi connectivity index (χ4v) is 4.18. The molecule has 2 rings (SSSR count). The third-order valence-corrected chi connectivity index (χ3v) is 5.45. The molecule has 1 saturated carbocycles. The zero-order chi connectivity index (χ0) is 13.3. The number of hydrogen-bond donors (Lipinski definition) is 0. The van der Waals surface area contributed by atoms with E-state index in [0.29, 0.717) is 0 Å². The first-order chi connectivity index (χ1) is 7.39. The Morgan fingerprint density at radius 2 is 1.76 bits per heavy atom. The monoisotopic (exact) mass is 272 g/mol. The van der Waals surface area contributed by atoms with Crippen LogP contribution in [0.1, 0.15) is 27.2 Å². The number of halogens is 3. The van der Waals surface area contributed by atoms with Crippen molar-refractivity contribution in [2.24, 2.45) is 11.8 Å². The second-order valence-corrected chi connectivity index (χ2v) is 7.65. The molecule has 1 saturated heterocycles. The van der Waals surface area contributed by atoms with Crippen molar-refractivity contribution in [3.8, 4) is 0 Å². The van der Waals surface area contributed by atoms with E-state index >= 15 is 0 Å². The lowest BCUT2D eigenvalue weighted by atomic mass is 10.0. The van der Waals surface area contributed by atoms with Crippen LogP contribution in [0.4, 0.5) is 13.2 Å². The maximum absolute atomic E-state index is 12.3. The lowest BCUT2D eigenvalue weighted by Gasteiger charge is -2.32. The van der Waals surface area contributed by atoms with Gasteiger partial charge in [-0.25, -0.2) is 8.42 Å². The van der Waals surface area contributed by atoms with E-state index in [1.165, 1.54) is 6.92 Å². The standard InChI is InChI=1S/C10H15F3O3S/c1-8(2)6-4-7(6)9(3,16-8)5-17(14,15)10(11,12)13/h6-7H,4-5H2,1-3H3/t6-,7+,9-/m1/s1.